The Morgan fingerprint density at radius 1 is 1.52 bits per heavy atom. The summed E-state index contributed by atoms with van der Waals surface area (Å²) in [4.78, 5) is 18.5. The topological polar surface area (TPSA) is 81.6 Å². The van der Waals surface area contributed by atoms with E-state index in [4.69, 9.17) is 13.7 Å². The van der Waals surface area contributed by atoms with Crippen LogP contribution in [0.5, 0.6) is 0 Å². The number of nitrogens with zero attached hydrogens (tertiary/aromatic N) is 3. The normalized spacial score (nSPS) is 19.8. The lowest BCUT2D eigenvalue weighted by Gasteiger charge is -2.34. The van der Waals surface area contributed by atoms with E-state index in [0.29, 0.717) is 43.7 Å². The maximum atomic E-state index is 12.2. The molecule has 112 valence electrons. The van der Waals surface area contributed by atoms with Gasteiger partial charge in [0.15, 0.2) is 17.4 Å². The van der Waals surface area contributed by atoms with E-state index in [0.717, 1.165) is 6.54 Å². The molecule has 1 aliphatic heterocycles. The van der Waals surface area contributed by atoms with Crippen molar-refractivity contribution in [3.8, 4) is 0 Å². The molecular weight excluding hydrogens is 274 g/mol. The van der Waals surface area contributed by atoms with Crippen LogP contribution in [0.15, 0.2) is 27.3 Å². The van der Waals surface area contributed by atoms with Gasteiger partial charge in [-0.3, -0.25) is 9.69 Å². The third-order valence-electron chi connectivity index (χ3n) is 3.48. The molecular formula is C14H17N3O4. The van der Waals surface area contributed by atoms with Gasteiger partial charge in [-0.1, -0.05) is 5.16 Å². The maximum Gasteiger partial charge on any atom is 0.223 e. The average molecular weight is 291 g/mol. The predicted molar refractivity (Wildman–Crippen MR) is 71.7 cm³/mol. The number of hydrogen-bond donors (Lipinski definition) is 0. The number of furan rings is 1. The molecule has 0 saturated carbocycles. The van der Waals surface area contributed by atoms with Crippen LogP contribution in [0, 0.1) is 6.92 Å². The van der Waals surface area contributed by atoms with E-state index in [1.54, 1.807) is 19.1 Å². The Morgan fingerprint density at radius 2 is 2.43 bits per heavy atom. The van der Waals surface area contributed by atoms with Crippen molar-refractivity contribution in [2.24, 2.45) is 0 Å². The van der Waals surface area contributed by atoms with Gasteiger partial charge >= 0.3 is 0 Å². The fourth-order valence-electron chi connectivity index (χ4n) is 2.42. The number of morpholine rings is 1. The zero-order chi connectivity index (χ0) is 14.7. The maximum absolute atomic E-state index is 12.2. The second-order valence-corrected chi connectivity index (χ2v) is 5.03. The van der Waals surface area contributed by atoms with E-state index < -0.39 is 0 Å². The lowest BCUT2D eigenvalue weighted by molar-refractivity contribution is -0.0141. The molecule has 3 heterocycles. The molecule has 3 rings (SSSR count). The fourth-order valence-corrected chi connectivity index (χ4v) is 2.42. The van der Waals surface area contributed by atoms with Crippen molar-refractivity contribution in [2.75, 3.05) is 19.8 Å². The molecule has 2 aromatic rings. The summed E-state index contributed by atoms with van der Waals surface area (Å²) in [5.74, 6) is 1.53. The lowest BCUT2D eigenvalue weighted by Crippen LogP contribution is -2.46. The number of ketones is 1. The van der Waals surface area contributed by atoms with Crippen molar-refractivity contribution in [1.29, 1.82) is 0 Å². The van der Waals surface area contributed by atoms with Crippen LogP contribution < -0.4 is 0 Å². The monoisotopic (exact) mass is 291 g/mol. The largest absolute Gasteiger partial charge is 0.461 e. The molecule has 0 N–H and O–H groups in total. The van der Waals surface area contributed by atoms with Crippen LogP contribution >= 0.6 is 0 Å². The van der Waals surface area contributed by atoms with Crippen LogP contribution in [-0.2, 0) is 11.3 Å². The van der Waals surface area contributed by atoms with Gasteiger partial charge in [0.05, 0.1) is 26.0 Å². The highest BCUT2D eigenvalue weighted by Crippen LogP contribution is 2.16. The Hall–Kier alpha value is -1.99. The van der Waals surface area contributed by atoms with Gasteiger partial charge in [-0.2, -0.15) is 4.98 Å². The van der Waals surface area contributed by atoms with Crippen LogP contribution in [0.2, 0.25) is 0 Å². The van der Waals surface area contributed by atoms with Gasteiger partial charge in [-0.15, -0.1) is 0 Å². The average Bonchev–Trinajstić information content (AvgIpc) is 3.13. The molecule has 0 spiro atoms. The van der Waals surface area contributed by atoms with Gasteiger partial charge in [0.25, 0.3) is 0 Å². The smallest absolute Gasteiger partial charge is 0.223 e. The summed E-state index contributed by atoms with van der Waals surface area (Å²) in [7, 11) is 0. The van der Waals surface area contributed by atoms with Gasteiger partial charge in [0.2, 0.25) is 5.89 Å². The summed E-state index contributed by atoms with van der Waals surface area (Å²) in [5, 5.41) is 3.90. The van der Waals surface area contributed by atoms with E-state index in [1.165, 1.54) is 6.26 Å². The van der Waals surface area contributed by atoms with Crippen LogP contribution in [0.4, 0.5) is 0 Å². The molecule has 1 aliphatic rings. The van der Waals surface area contributed by atoms with E-state index in [1.807, 2.05) is 0 Å². The van der Waals surface area contributed by atoms with E-state index in [2.05, 4.69) is 15.0 Å². The Balaban J connectivity index is 1.65. The zero-order valence-corrected chi connectivity index (χ0v) is 11.8. The second-order valence-electron chi connectivity index (χ2n) is 5.03. The summed E-state index contributed by atoms with van der Waals surface area (Å²) in [5.41, 5.74) is 0. The number of Topliss-reactive ketones (excluding diaryl/α,β-unsaturated/α-hetero) is 1. The molecule has 7 nitrogen and oxygen atoms in total. The van der Waals surface area contributed by atoms with E-state index in [-0.39, 0.29) is 11.8 Å². The van der Waals surface area contributed by atoms with Crippen molar-refractivity contribution < 1.29 is 18.5 Å². The first-order valence-electron chi connectivity index (χ1n) is 6.90. The Labute approximate surface area is 121 Å². The zero-order valence-electron chi connectivity index (χ0n) is 11.8. The number of carbonyl (C=O) groups excluding carboxylic acids is 1. The van der Waals surface area contributed by atoms with Crippen LogP contribution in [0.25, 0.3) is 0 Å². The number of hydrogen-bond acceptors (Lipinski definition) is 7. The van der Waals surface area contributed by atoms with Crippen LogP contribution in [0.3, 0.4) is 0 Å². The molecule has 0 radical (unpaired) electrons. The molecule has 1 atom stereocenters. The number of aryl methyl sites for hydroxylation is 1. The Bertz CT molecular complexity index is 593. The van der Waals surface area contributed by atoms with Gasteiger partial charge < -0.3 is 13.7 Å². The third kappa shape index (κ3) is 3.37. The van der Waals surface area contributed by atoms with Gasteiger partial charge in [0, 0.05) is 25.9 Å². The minimum Gasteiger partial charge on any atom is -0.461 e. The van der Waals surface area contributed by atoms with Crippen molar-refractivity contribution >= 4 is 5.78 Å². The second kappa shape index (κ2) is 6.19. The molecule has 0 amide bonds. The first kappa shape index (κ1) is 14.0. The summed E-state index contributed by atoms with van der Waals surface area (Å²) in [6.45, 7) is 4.21. The number of rotatable bonds is 5. The van der Waals surface area contributed by atoms with Crippen molar-refractivity contribution in [2.45, 2.75) is 25.9 Å². The summed E-state index contributed by atoms with van der Waals surface area (Å²) >= 11 is 0. The van der Waals surface area contributed by atoms with E-state index in [9.17, 15) is 4.79 Å². The number of ether oxygens (including phenoxy) is 1. The third-order valence-corrected chi connectivity index (χ3v) is 3.48. The molecule has 1 fully saturated rings. The Morgan fingerprint density at radius 3 is 3.14 bits per heavy atom. The predicted octanol–water partition coefficient (Wildman–Crippen LogP) is 1.44. The van der Waals surface area contributed by atoms with Gasteiger partial charge in [-0.05, 0) is 12.1 Å². The molecule has 21 heavy (non-hydrogen) atoms. The van der Waals surface area contributed by atoms with E-state index >= 15 is 0 Å². The molecule has 7 heteroatoms. The lowest BCUT2D eigenvalue weighted by atomic mass is 10.1. The SMILES string of the molecule is Cc1nc(CN2CCOC[C@H]2CC(=O)c2ccco2)no1. The number of carbonyl (C=O) groups is 1. The molecule has 0 aliphatic carbocycles. The number of aromatic nitrogens is 2. The van der Waals surface area contributed by atoms with Crippen LogP contribution in [0.1, 0.15) is 28.7 Å². The summed E-state index contributed by atoms with van der Waals surface area (Å²) in [6.07, 6.45) is 1.86. The first-order valence-corrected chi connectivity index (χ1v) is 6.90. The highest BCUT2D eigenvalue weighted by Gasteiger charge is 2.27. The van der Waals surface area contributed by atoms with Crippen molar-refractivity contribution in [1.82, 2.24) is 15.0 Å². The van der Waals surface area contributed by atoms with Crippen molar-refractivity contribution in [3.05, 3.63) is 35.9 Å². The molecule has 0 unspecified atom stereocenters. The van der Waals surface area contributed by atoms with Crippen molar-refractivity contribution in [3.63, 3.8) is 0 Å². The minimum atomic E-state index is -0.0233. The quantitative estimate of drug-likeness (QED) is 0.771. The highest BCUT2D eigenvalue weighted by atomic mass is 16.5. The molecule has 0 aromatic carbocycles. The summed E-state index contributed by atoms with van der Waals surface area (Å²) in [6, 6.07) is 3.39. The summed E-state index contributed by atoms with van der Waals surface area (Å²) < 4.78 is 15.6. The minimum absolute atomic E-state index is 0.00449. The Kier molecular flexibility index (Phi) is 4.12. The molecule has 2 aromatic heterocycles. The van der Waals surface area contributed by atoms with Gasteiger partial charge in [0.1, 0.15) is 0 Å². The highest BCUT2D eigenvalue weighted by molar-refractivity contribution is 5.93. The molecule has 1 saturated heterocycles. The van der Waals surface area contributed by atoms with Crippen LogP contribution in [-0.4, -0.2) is 46.6 Å². The molecule has 0 bridgehead atoms. The first-order chi connectivity index (χ1) is 10.2. The standard InChI is InChI=1S/C14H17N3O4/c1-10-15-14(16-21-10)8-17-4-6-19-9-11(17)7-12(18)13-3-2-5-20-13/h2-3,5,11H,4,6-9H2,1H3/t11-/m1/s1. The fraction of sp³-hybridized carbons (Fsp3) is 0.500. The van der Waals surface area contributed by atoms with Gasteiger partial charge in [-0.25, -0.2) is 0 Å².